The molecule has 0 unspecified atom stereocenters. The van der Waals surface area contributed by atoms with E-state index in [4.69, 9.17) is 21.6 Å². The largest absolute Gasteiger partial charge is 0.453 e. The first-order chi connectivity index (χ1) is 13.0. The predicted molar refractivity (Wildman–Crippen MR) is 107 cm³/mol. The quantitative estimate of drug-likeness (QED) is 0.395. The van der Waals surface area contributed by atoms with E-state index in [2.05, 4.69) is 5.32 Å². The Bertz CT molecular complexity index is 834. The van der Waals surface area contributed by atoms with Crippen LogP contribution in [-0.4, -0.2) is 23.7 Å². The van der Waals surface area contributed by atoms with Crippen molar-refractivity contribution in [1.82, 2.24) is 0 Å². The standard InChI is InChI=1S/C20H19ClN2O3S/c1-14(20(25)23-17-5-2-4-15(12-17)13-22)26-19(24)6-3-11-27-18-9-7-16(21)8-10-18/h2,4-5,7-10,12,14H,3,6,11H2,1H3,(H,23,25)/t14-/m1/s1. The summed E-state index contributed by atoms with van der Waals surface area (Å²) >= 11 is 7.47. The number of nitrogens with zero attached hydrogens (tertiary/aromatic N) is 1. The van der Waals surface area contributed by atoms with E-state index in [0.717, 1.165) is 10.6 Å². The van der Waals surface area contributed by atoms with Gasteiger partial charge in [0.1, 0.15) is 0 Å². The van der Waals surface area contributed by atoms with Gasteiger partial charge in [0.25, 0.3) is 5.91 Å². The topological polar surface area (TPSA) is 79.2 Å². The third-order valence-corrected chi connectivity index (χ3v) is 4.89. The molecule has 0 fully saturated rings. The SMILES string of the molecule is C[C@@H](OC(=O)CCCSc1ccc(Cl)cc1)C(=O)Nc1cccc(C#N)c1. The molecule has 1 atom stereocenters. The van der Waals surface area contributed by atoms with E-state index in [-0.39, 0.29) is 6.42 Å². The minimum Gasteiger partial charge on any atom is -0.453 e. The van der Waals surface area contributed by atoms with E-state index >= 15 is 0 Å². The lowest BCUT2D eigenvalue weighted by Gasteiger charge is -2.13. The molecule has 27 heavy (non-hydrogen) atoms. The van der Waals surface area contributed by atoms with E-state index in [1.807, 2.05) is 30.3 Å². The van der Waals surface area contributed by atoms with E-state index in [0.29, 0.717) is 22.7 Å². The van der Waals surface area contributed by atoms with Crippen LogP contribution in [-0.2, 0) is 14.3 Å². The molecule has 140 valence electrons. The van der Waals surface area contributed by atoms with Crippen LogP contribution in [0.4, 0.5) is 5.69 Å². The van der Waals surface area contributed by atoms with E-state index in [1.54, 1.807) is 36.0 Å². The number of hydrogen-bond donors (Lipinski definition) is 1. The van der Waals surface area contributed by atoms with Crippen LogP contribution in [0.3, 0.4) is 0 Å². The second kappa shape index (κ2) is 10.6. The number of ether oxygens (including phenoxy) is 1. The number of nitrogens with one attached hydrogen (secondary N) is 1. The molecule has 0 aliphatic carbocycles. The number of nitriles is 1. The number of amides is 1. The average Bonchev–Trinajstić information content (AvgIpc) is 2.66. The van der Waals surface area contributed by atoms with Crippen molar-refractivity contribution in [2.24, 2.45) is 0 Å². The van der Waals surface area contributed by atoms with Gasteiger partial charge in [0.2, 0.25) is 0 Å². The maximum absolute atomic E-state index is 12.1. The number of benzene rings is 2. The number of anilines is 1. The number of thioether (sulfide) groups is 1. The van der Waals surface area contributed by atoms with Crippen LogP contribution in [0.1, 0.15) is 25.3 Å². The van der Waals surface area contributed by atoms with Crippen molar-refractivity contribution in [2.45, 2.75) is 30.8 Å². The Hall–Kier alpha value is -2.49. The Morgan fingerprint density at radius 1 is 1.26 bits per heavy atom. The van der Waals surface area contributed by atoms with E-state index in [9.17, 15) is 9.59 Å². The fourth-order valence-electron chi connectivity index (χ4n) is 2.16. The number of rotatable bonds is 8. The number of esters is 1. The third kappa shape index (κ3) is 7.33. The molecule has 0 saturated carbocycles. The minimum absolute atomic E-state index is 0.238. The Morgan fingerprint density at radius 3 is 2.70 bits per heavy atom. The van der Waals surface area contributed by atoms with Gasteiger partial charge in [-0.15, -0.1) is 11.8 Å². The molecular formula is C20H19ClN2O3S. The zero-order valence-electron chi connectivity index (χ0n) is 14.8. The van der Waals surface area contributed by atoms with Crippen molar-refractivity contribution in [3.05, 3.63) is 59.1 Å². The van der Waals surface area contributed by atoms with Crippen molar-refractivity contribution in [2.75, 3.05) is 11.1 Å². The molecule has 1 N–H and O–H groups in total. The first-order valence-corrected chi connectivity index (χ1v) is 9.73. The Kier molecular flexibility index (Phi) is 8.18. The van der Waals surface area contributed by atoms with Gasteiger partial charge in [-0.25, -0.2) is 0 Å². The van der Waals surface area contributed by atoms with E-state index < -0.39 is 18.0 Å². The summed E-state index contributed by atoms with van der Waals surface area (Å²) in [6.07, 6.45) is -0.0283. The van der Waals surface area contributed by atoms with Crippen LogP contribution in [0.5, 0.6) is 0 Å². The number of hydrogen-bond acceptors (Lipinski definition) is 5. The van der Waals surface area contributed by atoms with Gasteiger partial charge in [-0.1, -0.05) is 17.7 Å². The van der Waals surface area contributed by atoms with Crippen molar-refractivity contribution in [1.29, 1.82) is 5.26 Å². The van der Waals surface area contributed by atoms with Gasteiger partial charge in [-0.05, 0) is 61.6 Å². The van der Waals surface area contributed by atoms with Crippen molar-refractivity contribution >= 4 is 40.9 Å². The number of carbonyl (C=O) groups excluding carboxylic acids is 2. The van der Waals surface area contributed by atoms with Crippen LogP contribution in [0.2, 0.25) is 5.02 Å². The molecule has 0 aliphatic rings. The fourth-order valence-corrected chi connectivity index (χ4v) is 3.14. The molecule has 0 spiro atoms. The lowest BCUT2D eigenvalue weighted by molar-refractivity contribution is -0.153. The zero-order valence-corrected chi connectivity index (χ0v) is 16.3. The first kappa shape index (κ1) is 20.8. The summed E-state index contributed by atoms with van der Waals surface area (Å²) in [5, 5.41) is 12.2. The molecule has 0 radical (unpaired) electrons. The monoisotopic (exact) mass is 402 g/mol. The molecule has 5 nitrogen and oxygen atoms in total. The maximum Gasteiger partial charge on any atom is 0.306 e. The third-order valence-electron chi connectivity index (χ3n) is 3.54. The Labute approximate surface area is 167 Å². The summed E-state index contributed by atoms with van der Waals surface area (Å²) in [6, 6.07) is 16.0. The molecule has 2 aromatic rings. The second-order valence-corrected chi connectivity index (χ2v) is 7.32. The van der Waals surface area contributed by atoms with Gasteiger partial charge in [0.05, 0.1) is 11.6 Å². The number of carbonyl (C=O) groups is 2. The van der Waals surface area contributed by atoms with Gasteiger partial charge in [-0.3, -0.25) is 9.59 Å². The number of halogens is 1. The second-order valence-electron chi connectivity index (χ2n) is 5.72. The highest BCUT2D eigenvalue weighted by Gasteiger charge is 2.17. The van der Waals surface area contributed by atoms with Crippen molar-refractivity contribution < 1.29 is 14.3 Å². The Morgan fingerprint density at radius 2 is 2.00 bits per heavy atom. The van der Waals surface area contributed by atoms with Gasteiger partial charge in [-0.2, -0.15) is 5.26 Å². The minimum atomic E-state index is -0.910. The van der Waals surface area contributed by atoms with Gasteiger partial charge >= 0.3 is 5.97 Å². The van der Waals surface area contributed by atoms with Gasteiger partial charge < -0.3 is 10.1 Å². The predicted octanol–water partition coefficient (Wildman–Crippen LogP) is 4.65. The highest BCUT2D eigenvalue weighted by Crippen LogP contribution is 2.21. The average molecular weight is 403 g/mol. The molecule has 2 rings (SSSR count). The molecule has 1 amide bonds. The van der Waals surface area contributed by atoms with Gasteiger partial charge in [0.15, 0.2) is 6.10 Å². The molecule has 0 heterocycles. The molecule has 0 bridgehead atoms. The van der Waals surface area contributed by atoms with Crippen LogP contribution in [0, 0.1) is 11.3 Å². The van der Waals surface area contributed by atoms with Crippen LogP contribution in [0.25, 0.3) is 0 Å². The summed E-state index contributed by atoms with van der Waals surface area (Å²) in [5.41, 5.74) is 0.928. The maximum atomic E-state index is 12.1. The van der Waals surface area contributed by atoms with Crippen molar-refractivity contribution in [3.63, 3.8) is 0 Å². The van der Waals surface area contributed by atoms with Crippen LogP contribution < -0.4 is 5.32 Å². The summed E-state index contributed by atoms with van der Waals surface area (Å²) in [7, 11) is 0. The molecule has 0 saturated heterocycles. The highest BCUT2D eigenvalue weighted by atomic mass is 35.5. The zero-order chi connectivity index (χ0) is 19.6. The summed E-state index contributed by atoms with van der Waals surface area (Å²) in [4.78, 5) is 25.1. The Balaban J connectivity index is 1.70. The molecule has 7 heteroatoms. The summed E-state index contributed by atoms with van der Waals surface area (Å²) in [5.74, 6) is -0.0905. The molecule has 0 aliphatic heterocycles. The smallest absolute Gasteiger partial charge is 0.306 e. The van der Waals surface area contributed by atoms with Gasteiger partial charge in [0, 0.05) is 22.0 Å². The first-order valence-electron chi connectivity index (χ1n) is 8.37. The van der Waals surface area contributed by atoms with E-state index in [1.165, 1.54) is 6.92 Å². The molecule has 2 aromatic carbocycles. The summed E-state index contributed by atoms with van der Waals surface area (Å²) in [6.45, 7) is 1.52. The van der Waals surface area contributed by atoms with Crippen LogP contribution in [0.15, 0.2) is 53.4 Å². The van der Waals surface area contributed by atoms with Crippen molar-refractivity contribution in [3.8, 4) is 6.07 Å². The molecular weight excluding hydrogens is 384 g/mol. The molecule has 0 aromatic heterocycles. The fraction of sp³-hybridized carbons (Fsp3) is 0.250. The highest BCUT2D eigenvalue weighted by molar-refractivity contribution is 7.99. The van der Waals surface area contributed by atoms with Crippen LogP contribution >= 0.6 is 23.4 Å². The summed E-state index contributed by atoms with van der Waals surface area (Å²) < 4.78 is 5.17. The normalized spacial score (nSPS) is 11.3. The lowest BCUT2D eigenvalue weighted by atomic mass is 10.2. The lowest BCUT2D eigenvalue weighted by Crippen LogP contribution is -2.30.